The first-order chi connectivity index (χ1) is 10.9. The lowest BCUT2D eigenvalue weighted by atomic mass is 10.1. The minimum Gasteiger partial charge on any atom is -0.496 e. The fourth-order valence-corrected chi connectivity index (χ4v) is 2.39. The highest BCUT2D eigenvalue weighted by atomic mass is 16.5. The molecule has 0 radical (unpaired) electrons. The Labute approximate surface area is 135 Å². The van der Waals surface area contributed by atoms with E-state index in [0.29, 0.717) is 16.8 Å². The number of nitrogens with one attached hydrogen (secondary N) is 1. The van der Waals surface area contributed by atoms with Crippen molar-refractivity contribution in [3.05, 3.63) is 58.7 Å². The molecule has 2 aromatic carbocycles. The molecule has 0 aliphatic carbocycles. The highest BCUT2D eigenvalue weighted by molar-refractivity contribution is 5.98. The van der Waals surface area contributed by atoms with Gasteiger partial charge in [-0.1, -0.05) is 18.2 Å². The van der Waals surface area contributed by atoms with Crippen molar-refractivity contribution in [2.75, 3.05) is 12.4 Å². The summed E-state index contributed by atoms with van der Waals surface area (Å²) >= 11 is 0. The Morgan fingerprint density at radius 2 is 1.91 bits per heavy atom. The highest BCUT2D eigenvalue weighted by Gasteiger charge is 2.11. The topological polar surface area (TPSA) is 81.4 Å². The van der Waals surface area contributed by atoms with E-state index in [1.807, 2.05) is 25.1 Å². The predicted octanol–water partition coefficient (Wildman–Crippen LogP) is 2.59. The van der Waals surface area contributed by atoms with Crippen molar-refractivity contribution >= 4 is 17.5 Å². The minimum atomic E-state index is -0.512. The van der Waals surface area contributed by atoms with Gasteiger partial charge >= 0.3 is 0 Å². The summed E-state index contributed by atoms with van der Waals surface area (Å²) in [5.74, 6) is 0.0738. The fraction of sp³-hybridized carbons (Fsp3) is 0.222. The molecule has 0 aliphatic rings. The Balaban J connectivity index is 2.14. The Kier molecular flexibility index (Phi) is 5.01. The molecule has 0 unspecified atom stereocenters. The van der Waals surface area contributed by atoms with Crippen molar-refractivity contribution in [2.24, 2.45) is 5.73 Å². The Hall–Kier alpha value is -2.82. The summed E-state index contributed by atoms with van der Waals surface area (Å²) in [4.78, 5) is 23.6. The van der Waals surface area contributed by atoms with Gasteiger partial charge in [0.15, 0.2) is 0 Å². The maximum Gasteiger partial charge on any atom is 0.249 e. The lowest BCUT2D eigenvalue weighted by Gasteiger charge is -2.11. The van der Waals surface area contributed by atoms with E-state index >= 15 is 0 Å². The number of primary amides is 1. The fourth-order valence-electron chi connectivity index (χ4n) is 2.39. The number of aryl methyl sites for hydroxylation is 1. The van der Waals surface area contributed by atoms with Crippen molar-refractivity contribution < 1.29 is 14.3 Å². The molecule has 0 aromatic heterocycles. The summed E-state index contributed by atoms with van der Waals surface area (Å²) < 4.78 is 5.26. The van der Waals surface area contributed by atoms with Gasteiger partial charge in [-0.05, 0) is 48.7 Å². The molecule has 0 saturated carbocycles. The number of nitrogens with two attached hydrogens (primary N) is 1. The second-order valence-electron chi connectivity index (χ2n) is 5.37. The zero-order valence-corrected chi connectivity index (χ0v) is 13.5. The molecule has 0 fully saturated rings. The first-order valence-electron chi connectivity index (χ1n) is 7.25. The molecule has 5 nitrogen and oxygen atoms in total. The molecule has 3 N–H and O–H groups in total. The molecule has 0 saturated heterocycles. The molecule has 5 heteroatoms. The van der Waals surface area contributed by atoms with E-state index in [2.05, 4.69) is 5.32 Å². The van der Waals surface area contributed by atoms with Crippen LogP contribution in [-0.4, -0.2) is 18.9 Å². The second kappa shape index (κ2) is 6.96. The van der Waals surface area contributed by atoms with Crippen LogP contribution in [0.15, 0.2) is 36.4 Å². The molecule has 120 valence electrons. The molecule has 0 atom stereocenters. The van der Waals surface area contributed by atoms with E-state index in [1.165, 1.54) is 0 Å². The number of carbonyl (C=O) groups excluding carboxylic acids is 2. The van der Waals surface area contributed by atoms with Gasteiger partial charge in [-0.3, -0.25) is 9.59 Å². The van der Waals surface area contributed by atoms with Gasteiger partial charge in [-0.2, -0.15) is 0 Å². The maximum atomic E-state index is 12.2. The van der Waals surface area contributed by atoms with Gasteiger partial charge in [0.2, 0.25) is 11.8 Å². The first-order valence-corrected chi connectivity index (χ1v) is 7.25. The number of hydrogen-bond donors (Lipinski definition) is 2. The van der Waals surface area contributed by atoms with Crippen LogP contribution < -0.4 is 15.8 Å². The van der Waals surface area contributed by atoms with Gasteiger partial charge in [0.25, 0.3) is 0 Å². The number of amides is 2. The predicted molar refractivity (Wildman–Crippen MR) is 89.8 cm³/mol. The van der Waals surface area contributed by atoms with E-state index in [-0.39, 0.29) is 12.3 Å². The monoisotopic (exact) mass is 312 g/mol. The number of hydrogen-bond acceptors (Lipinski definition) is 3. The number of carbonyl (C=O) groups is 2. The van der Waals surface area contributed by atoms with Crippen molar-refractivity contribution in [1.29, 1.82) is 0 Å². The molecule has 2 amide bonds. The van der Waals surface area contributed by atoms with E-state index in [0.717, 1.165) is 16.9 Å². The molecule has 2 aromatic rings. The first kappa shape index (κ1) is 16.5. The van der Waals surface area contributed by atoms with Gasteiger partial charge in [-0.25, -0.2) is 0 Å². The maximum absolute atomic E-state index is 12.2. The van der Waals surface area contributed by atoms with E-state index in [1.54, 1.807) is 32.2 Å². The lowest BCUT2D eigenvalue weighted by molar-refractivity contribution is -0.115. The van der Waals surface area contributed by atoms with Crippen LogP contribution in [0.25, 0.3) is 0 Å². The molecular formula is C18H20N2O3. The molecule has 2 rings (SSSR count). The largest absolute Gasteiger partial charge is 0.496 e. The third-order valence-corrected chi connectivity index (χ3v) is 3.71. The molecule has 0 bridgehead atoms. The normalized spacial score (nSPS) is 10.2. The summed E-state index contributed by atoms with van der Waals surface area (Å²) in [6.07, 6.45) is 0.219. The SMILES string of the molecule is COc1cc(CC(=O)Nc2cccc(C(N)=O)c2C)ccc1C. The number of benzene rings is 2. The van der Waals surface area contributed by atoms with Crippen LogP contribution in [0.1, 0.15) is 27.0 Å². The minimum absolute atomic E-state index is 0.166. The number of anilines is 1. The quantitative estimate of drug-likeness (QED) is 0.890. The van der Waals surface area contributed by atoms with E-state index in [9.17, 15) is 9.59 Å². The molecule has 0 heterocycles. The van der Waals surface area contributed by atoms with E-state index < -0.39 is 5.91 Å². The smallest absolute Gasteiger partial charge is 0.249 e. The summed E-state index contributed by atoms with van der Waals surface area (Å²) in [7, 11) is 1.60. The average Bonchev–Trinajstić information content (AvgIpc) is 2.51. The Morgan fingerprint density at radius 3 is 2.57 bits per heavy atom. The number of methoxy groups -OCH3 is 1. The summed E-state index contributed by atoms with van der Waals surface area (Å²) in [5, 5.41) is 2.82. The summed E-state index contributed by atoms with van der Waals surface area (Å²) in [6.45, 7) is 3.70. The van der Waals surface area contributed by atoms with E-state index in [4.69, 9.17) is 10.5 Å². The third kappa shape index (κ3) is 3.88. The lowest BCUT2D eigenvalue weighted by Crippen LogP contribution is -2.18. The number of ether oxygens (including phenoxy) is 1. The Bertz CT molecular complexity index is 754. The van der Waals surface area contributed by atoms with Crippen LogP contribution in [0.4, 0.5) is 5.69 Å². The van der Waals surface area contributed by atoms with Gasteiger partial charge in [0, 0.05) is 11.3 Å². The van der Waals surface area contributed by atoms with Crippen LogP contribution in [-0.2, 0) is 11.2 Å². The number of rotatable bonds is 5. The standard InChI is InChI=1S/C18H20N2O3/c1-11-7-8-13(9-16(11)23-3)10-17(21)20-15-6-4-5-14(12(15)2)18(19)22/h4-9H,10H2,1-3H3,(H2,19,22)(H,20,21). The van der Waals surface area contributed by atoms with Crippen LogP contribution in [0.5, 0.6) is 5.75 Å². The Morgan fingerprint density at radius 1 is 1.17 bits per heavy atom. The van der Waals surface area contributed by atoms with Gasteiger partial charge < -0.3 is 15.8 Å². The molecule has 0 aliphatic heterocycles. The van der Waals surface area contributed by atoms with Crippen LogP contribution >= 0.6 is 0 Å². The second-order valence-corrected chi connectivity index (χ2v) is 5.37. The van der Waals surface area contributed by atoms with Crippen molar-refractivity contribution in [1.82, 2.24) is 0 Å². The zero-order valence-electron chi connectivity index (χ0n) is 13.5. The molecule has 0 spiro atoms. The van der Waals surface area contributed by atoms with Crippen LogP contribution in [0.2, 0.25) is 0 Å². The van der Waals surface area contributed by atoms with Crippen molar-refractivity contribution in [2.45, 2.75) is 20.3 Å². The zero-order chi connectivity index (χ0) is 17.0. The van der Waals surface area contributed by atoms with Crippen LogP contribution in [0, 0.1) is 13.8 Å². The molecule has 23 heavy (non-hydrogen) atoms. The average molecular weight is 312 g/mol. The third-order valence-electron chi connectivity index (χ3n) is 3.71. The van der Waals surface area contributed by atoms with Crippen LogP contribution in [0.3, 0.4) is 0 Å². The van der Waals surface area contributed by atoms with Crippen molar-refractivity contribution in [3.63, 3.8) is 0 Å². The molecular weight excluding hydrogens is 292 g/mol. The highest BCUT2D eigenvalue weighted by Crippen LogP contribution is 2.21. The van der Waals surface area contributed by atoms with Gasteiger partial charge in [-0.15, -0.1) is 0 Å². The summed E-state index contributed by atoms with van der Waals surface area (Å²) in [6, 6.07) is 10.7. The van der Waals surface area contributed by atoms with Crippen molar-refractivity contribution in [3.8, 4) is 5.75 Å². The summed E-state index contributed by atoms with van der Waals surface area (Å²) in [5.41, 5.74) is 8.84. The van der Waals surface area contributed by atoms with Gasteiger partial charge in [0.1, 0.15) is 5.75 Å². The van der Waals surface area contributed by atoms with Gasteiger partial charge in [0.05, 0.1) is 13.5 Å².